The van der Waals surface area contributed by atoms with E-state index in [2.05, 4.69) is 10.2 Å². The molecule has 0 unspecified atom stereocenters. The van der Waals surface area contributed by atoms with Crippen LogP contribution in [0.1, 0.15) is 30.9 Å². The molecule has 21 heavy (non-hydrogen) atoms. The summed E-state index contributed by atoms with van der Waals surface area (Å²) in [5.41, 5.74) is 1.02. The lowest BCUT2D eigenvalue weighted by molar-refractivity contribution is 0.0834. The summed E-state index contributed by atoms with van der Waals surface area (Å²) < 4.78 is 13.6. The molecule has 2 aliphatic rings. The van der Waals surface area contributed by atoms with Crippen molar-refractivity contribution in [3.8, 4) is 5.75 Å². The fourth-order valence-corrected chi connectivity index (χ4v) is 3.20. The van der Waals surface area contributed by atoms with Gasteiger partial charge in [-0.3, -0.25) is 4.90 Å². The van der Waals surface area contributed by atoms with Gasteiger partial charge in [0.25, 0.3) is 0 Å². The molecule has 1 saturated carbocycles. The van der Waals surface area contributed by atoms with E-state index in [0.717, 1.165) is 31.7 Å². The van der Waals surface area contributed by atoms with Gasteiger partial charge in [-0.1, -0.05) is 12.5 Å². The highest BCUT2D eigenvalue weighted by Crippen LogP contribution is 2.42. The summed E-state index contributed by atoms with van der Waals surface area (Å²) in [6.45, 7) is 4.04. The molecular formula is C15H23Cl2FN2O. The Hall–Kier alpha value is -0.550. The SMILES string of the molecule is Cl.Cl.Oc1ccc([C@H](C2CCC2)N2CCNCC2)cc1F. The molecule has 0 aromatic heterocycles. The van der Waals surface area contributed by atoms with Gasteiger partial charge in [0.05, 0.1) is 0 Å². The summed E-state index contributed by atoms with van der Waals surface area (Å²) in [7, 11) is 0. The molecule has 1 saturated heterocycles. The standard InChI is InChI=1S/C15H21FN2O.2ClH/c16-13-10-12(4-5-14(13)19)15(11-2-1-3-11)18-8-6-17-7-9-18;;/h4-5,10-11,15,17,19H,1-3,6-9H2;2*1H/t15-;;/m0../s1. The number of halogens is 3. The van der Waals surface area contributed by atoms with Crippen molar-refractivity contribution in [2.75, 3.05) is 26.2 Å². The van der Waals surface area contributed by atoms with Gasteiger partial charge in [0.2, 0.25) is 0 Å². The number of phenols is 1. The lowest BCUT2D eigenvalue weighted by Gasteiger charge is -2.43. The Bertz CT molecular complexity index is 451. The summed E-state index contributed by atoms with van der Waals surface area (Å²) >= 11 is 0. The van der Waals surface area contributed by atoms with Gasteiger partial charge >= 0.3 is 0 Å². The summed E-state index contributed by atoms with van der Waals surface area (Å²) in [5, 5.41) is 12.7. The van der Waals surface area contributed by atoms with E-state index in [0.29, 0.717) is 12.0 Å². The Morgan fingerprint density at radius 3 is 2.38 bits per heavy atom. The first-order valence-corrected chi connectivity index (χ1v) is 7.19. The predicted octanol–water partition coefficient (Wildman–Crippen LogP) is 3.12. The van der Waals surface area contributed by atoms with Crippen LogP contribution < -0.4 is 5.32 Å². The smallest absolute Gasteiger partial charge is 0.165 e. The molecule has 3 rings (SSSR count). The molecule has 1 aliphatic carbocycles. The molecular weight excluding hydrogens is 314 g/mol. The van der Waals surface area contributed by atoms with Gasteiger partial charge in [0.15, 0.2) is 11.6 Å². The molecule has 1 aliphatic heterocycles. The summed E-state index contributed by atoms with van der Waals surface area (Å²) in [4.78, 5) is 2.46. The molecule has 0 radical (unpaired) electrons. The normalized spacial score (nSPS) is 20.8. The van der Waals surface area contributed by atoms with Gasteiger partial charge in [-0.05, 0) is 36.5 Å². The van der Waals surface area contributed by atoms with Gasteiger partial charge in [-0.2, -0.15) is 0 Å². The number of nitrogens with zero attached hydrogens (tertiary/aromatic N) is 1. The summed E-state index contributed by atoms with van der Waals surface area (Å²) in [5.74, 6) is -0.115. The van der Waals surface area contributed by atoms with E-state index < -0.39 is 5.82 Å². The Morgan fingerprint density at radius 1 is 1.19 bits per heavy atom. The number of phenolic OH excluding ortho intramolecular Hbond substituents is 1. The average Bonchev–Trinajstić information content (AvgIpc) is 2.38. The van der Waals surface area contributed by atoms with E-state index in [1.54, 1.807) is 0 Å². The van der Waals surface area contributed by atoms with Crippen molar-refractivity contribution in [2.45, 2.75) is 25.3 Å². The molecule has 2 fully saturated rings. The lowest BCUT2D eigenvalue weighted by Crippen LogP contribution is -2.47. The van der Waals surface area contributed by atoms with Crippen molar-refractivity contribution in [3.05, 3.63) is 29.6 Å². The van der Waals surface area contributed by atoms with Crippen LogP contribution in [-0.2, 0) is 0 Å². The van der Waals surface area contributed by atoms with E-state index in [-0.39, 0.29) is 30.6 Å². The number of rotatable bonds is 3. The van der Waals surface area contributed by atoms with E-state index in [1.807, 2.05) is 6.07 Å². The highest BCUT2D eigenvalue weighted by Gasteiger charge is 2.33. The largest absolute Gasteiger partial charge is 0.505 e. The molecule has 1 aromatic carbocycles. The zero-order valence-corrected chi connectivity index (χ0v) is 13.6. The zero-order chi connectivity index (χ0) is 13.2. The number of benzene rings is 1. The minimum absolute atomic E-state index is 0. The number of aromatic hydroxyl groups is 1. The van der Waals surface area contributed by atoms with Crippen LogP contribution in [0.15, 0.2) is 18.2 Å². The highest BCUT2D eigenvalue weighted by molar-refractivity contribution is 5.85. The maximum Gasteiger partial charge on any atom is 0.165 e. The van der Waals surface area contributed by atoms with Crippen LogP contribution in [0.2, 0.25) is 0 Å². The maximum absolute atomic E-state index is 13.6. The fraction of sp³-hybridized carbons (Fsp3) is 0.600. The Labute approximate surface area is 137 Å². The van der Waals surface area contributed by atoms with Crippen LogP contribution in [0.4, 0.5) is 4.39 Å². The minimum Gasteiger partial charge on any atom is -0.505 e. The topological polar surface area (TPSA) is 35.5 Å². The Kier molecular flexibility index (Phi) is 7.21. The van der Waals surface area contributed by atoms with Crippen molar-refractivity contribution >= 4 is 24.8 Å². The van der Waals surface area contributed by atoms with Crippen molar-refractivity contribution in [2.24, 2.45) is 5.92 Å². The first kappa shape index (κ1) is 18.5. The maximum atomic E-state index is 13.6. The molecule has 1 atom stereocenters. The van der Waals surface area contributed by atoms with E-state index in [1.165, 1.54) is 31.4 Å². The van der Waals surface area contributed by atoms with Crippen LogP contribution in [0.25, 0.3) is 0 Å². The molecule has 120 valence electrons. The van der Waals surface area contributed by atoms with Gasteiger partial charge in [-0.15, -0.1) is 24.8 Å². The quantitative estimate of drug-likeness (QED) is 0.890. The van der Waals surface area contributed by atoms with Crippen LogP contribution in [0.3, 0.4) is 0 Å². The molecule has 2 N–H and O–H groups in total. The van der Waals surface area contributed by atoms with Crippen molar-refractivity contribution in [3.63, 3.8) is 0 Å². The molecule has 0 amide bonds. The van der Waals surface area contributed by atoms with E-state index in [4.69, 9.17) is 0 Å². The molecule has 1 aromatic rings. The zero-order valence-electron chi connectivity index (χ0n) is 11.9. The fourth-order valence-electron chi connectivity index (χ4n) is 3.20. The van der Waals surface area contributed by atoms with Crippen LogP contribution in [0, 0.1) is 11.7 Å². The van der Waals surface area contributed by atoms with Crippen molar-refractivity contribution < 1.29 is 9.50 Å². The van der Waals surface area contributed by atoms with Gasteiger partial charge in [0.1, 0.15) is 0 Å². The summed E-state index contributed by atoms with van der Waals surface area (Å²) in [6.07, 6.45) is 3.75. The third-order valence-electron chi connectivity index (χ3n) is 4.45. The highest BCUT2D eigenvalue weighted by atomic mass is 35.5. The molecule has 0 spiro atoms. The molecule has 6 heteroatoms. The average molecular weight is 337 g/mol. The third kappa shape index (κ3) is 4.01. The van der Waals surface area contributed by atoms with Crippen LogP contribution >= 0.6 is 24.8 Å². The third-order valence-corrected chi connectivity index (χ3v) is 4.45. The van der Waals surface area contributed by atoms with E-state index >= 15 is 0 Å². The van der Waals surface area contributed by atoms with Crippen LogP contribution in [0.5, 0.6) is 5.75 Å². The van der Waals surface area contributed by atoms with Crippen molar-refractivity contribution in [1.29, 1.82) is 0 Å². The van der Waals surface area contributed by atoms with Gasteiger partial charge < -0.3 is 10.4 Å². The van der Waals surface area contributed by atoms with Gasteiger partial charge in [-0.25, -0.2) is 4.39 Å². The number of piperazine rings is 1. The molecule has 3 nitrogen and oxygen atoms in total. The predicted molar refractivity (Wildman–Crippen MR) is 87.1 cm³/mol. The first-order valence-electron chi connectivity index (χ1n) is 7.19. The summed E-state index contributed by atoms with van der Waals surface area (Å²) in [6, 6.07) is 5.19. The monoisotopic (exact) mass is 336 g/mol. The number of nitrogens with one attached hydrogen (secondary N) is 1. The number of hydrogen-bond acceptors (Lipinski definition) is 3. The molecule has 1 heterocycles. The molecule has 0 bridgehead atoms. The first-order chi connectivity index (χ1) is 9.25. The van der Waals surface area contributed by atoms with Crippen molar-refractivity contribution in [1.82, 2.24) is 10.2 Å². The van der Waals surface area contributed by atoms with Gasteiger partial charge in [0, 0.05) is 32.2 Å². The Morgan fingerprint density at radius 2 is 1.86 bits per heavy atom. The second kappa shape index (κ2) is 8.18. The second-order valence-electron chi connectivity index (χ2n) is 5.63. The number of hydrogen-bond donors (Lipinski definition) is 2. The lowest BCUT2D eigenvalue weighted by atomic mass is 9.76. The Balaban J connectivity index is 0.00000110. The van der Waals surface area contributed by atoms with E-state index in [9.17, 15) is 9.50 Å². The van der Waals surface area contributed by atoms with Crippen LogP contribution in [-0.4, -0.2) is 36.2 Å². The minimum atomic E-state index is -0.503. The second-order valence-corrected chi connectivity index (χ2v) is 5.63.